The minimum absolute atomic E-state index is 0.0120. The third-order valence-electron chi connectivity index (χ3n) is 5.39. The Hall–Kier alpha value is -3.80. The van der Waals surface area contributed by atoms with Crippen LogP contribution in [-0.2, 0) is 16.1 Å². The summed E-state index contributed by atoms with van der Waals surface area (Å²) in [6.07, 6.45) is -0.610. The molecule has 0 aromatic heterocycles. The summed E-state index contributed by atoms with van der Waals surface area (Å²) in [4.78, 5) is 24.2. The van der Waals surface area contributed by atoms with Crippen LogP contribution in [0.2, 0.25) is 0 Å². The fourth-order valence-corrected chi connectivity index (χ4v) is 3.81. The summed E-state index contributed by atoms with van der Waals surface area (Å²) in [6, 6.07) is 23.7. The molecule has 0 saturated heterocycles. The van der Waals surface area contributed by atoms with Crippen molar-refractivity contribution < 1.29 is 19.1 Å². The second kappa shape index (κ2) is 9.34. The summed E-state index contributed by atoms with van der Waals surface area (Å²) < 4.78 is 10.5. The predicted octanol–water partition coefficient (Wildman–Crippen LogP) is 3.85. The normalized spacial score (nSPS) is 11.9. The van der Waals surface area contributed by atoms with Crippen LogP contribution in [0.25, 0.3) is 11.1 Å². The molecule has 3 aromatic carbocycles. The molecule has 4 rings (SSSR count). The molecule has 0 bridgehead atoms. The maximum atomic E-state index is 12.1. The van der Waals surface area contributed by atoms with Gasteiger partial charge in [-0.05, 0) is 39.9 Å². The van der Waals surface area contributed by atoms with E-state index in [9.17, 15) is 9.59 Å². The van der Waals surface area contributed by atoms with E-state index in [1.165, 1.54) is 11.1 Å². The maximum Gasteiger partial charge on any atom is 0.407 e. The Kier molecular flexibility index (Phi) is 6.17. The number of amides is 2. The van der Waals surface area contributed by atoms with E-state index < -0.39 is 6.09 Å². The molecule has 158 valence electrons. The summed E-state index contributed by atoms with van der Waals surface area (Å²) >= 11 is 0. The number of hydrogen-bond acceptors (Lipinski definition) is 4. The highest BCUT2D eigenvalue weighted by molar-refractivity contribution is 5.82. The zero-order valence-electron chi connectivity index (χ0n) is 17.3. The highest BCUT2D eigenvalue weighted by atomic mass is 16.5. The van der Waals surface area contributed by atoms with Gasteiger partial charge in [0.2, 0.25) is 5.91 Å². The minimum atomic E-state index is -0.610. The van der Waals surface area contributed by atoms with Gasteiger partial charge in [-0.2, -0.15) is 0 Å². The van der Waals surface area contributed by atoms with E-state index in [-0.39, 0.29) is 25.0 Å². The van der Waals surface area contributed by atoms with Crippen molar-refractivity contribution in [1.29, 1.82) is 0 Å². The SMILES string of the molecule is COc1ccc(CNC(=O)CNC(=O)OCC2c3ccccc3-c3ccccc32)cc1. The number of ether oxygens (including phenoxy) is 2. The summed E-state index contributed by atoms with van der Waals surface area (Å²) in [5.41, 5.74) is 5.58. The molecule has 0 aliphatic heterocycles. The van der Waals surface area contributed by atoms with E-state index in [1.54, 1.807) is 7.11 Å². The molecule has 1 aliphatic carbocycles. The fourth-order valence-electron chi connectivity index (χ4n) is 3.81. The number of carbonyl (C=O) groups excluding carboxylic acids is 2. The lowest BCUT2D eigenvalue weighted by Crippen LogP contribution is -2.37. The number of benzene rings is 3. The van der Waals surface area contributed by atoms with Crippen LogP contribution in [-0.4, -0.2) is 32.3 Å². The van der Waals surface area contributed by atoms with E-state index in [4.69, 9.17) is 9.47 Å². The van der Waals surface area contributed by atoms with Gasteiger partial charge in [0, 0.05) is 12.5 Å². The molecule has 6 nitrogen and oxygen atoms in total. The number of methoxy groups -OCH3 is 1. The Labute approximate surface area is 181 Å². The molecular formula is C25H24N2O4. The molecule has 2 amide bonds. The van der Waals surface area contributed by atoms with Gasteiger partial charge in [0.15, 0.2) is 0 Å². The molecule has 1 aliphatic rings. The van der Waals surface area contributed by atoms with Crippen molar-refractivity contribution in [2.75, 3.05) is 20.3 Å². The van der Waals surface area contributed by atoms with Gasteiger partial charge in [0.1, 0.15) is 18.9 Å². The maximum absolute atomic E-state index is 12.1. The van der Waals surface area contributed by atoms with Gasteiger partial charge in [0.25, 0.3) is 0 Å². The van der Waals surface area contributed by atoms with Crippen molar-refractivity contribution in [3.8, 4) is 16.9 Å². The van der Waals surface area contributed by atoms with Crippen LogP contribution in [0.3, 0.4) is 0 Å². The summed E-state index contributed by atoms with van der Waals surface area (Å²) in [6.45, 7) is 0.440. The quantitative estimate of drug-likeness (QED) is 0.613. The molecule has 0 saturated carbocycles. The van der Waals surface area contributed by atoms with Gasteiger partial charge in [-0.3, -0.25) is 4.79 Å². The second-order valence-electron chi connectivity index (χ2n) is 7.30. The van der Waals surface area contributed by atoms with Crippen molar-refractivity contribution in [2.24, 2.45) is 0 Å². The number of alkyl carbamates (subject to hydrolysis) is 1. The molecule has 6 heteroatoms. The molecule has 0 atom stereocenters. The highest BCUT2D eigenvalue weighted by Crippen LogP contribution is 2.44. The Bertz CT molecular complexity index is 1030. The van der Waals surface area contributed by atoms with Crippen molar-refractivity contribution in [2.45, 2.75) is 12.5 Å². The first-order valence-electron chi connectivity index (χ1n) is 10.1. The first-order chi connectivity index (χ1) is 15.2. The summed E-state index contributed by atoms with van der Waals surface area (Å²) in [5.74, 6) is 0.457. The Morgan fingerprint density at radius 2 is 1.45 bits per heavy atom. The van der Waals surface area contributed by atoms with E-state index in [0.717, 1.165) is 22.4 Å². The van der Waals surface area contributed by atoms with Crippen LogP contribution >= 0.6 is 0 Å². The lowest BCUT2D eigenvalue weighted by Gasteiger charge is -2.14. The smallest absolute Gasteiger partial charge is 0.407 e. The first kappa shape index (κ1) is 20.5. The largest absolute Gasteiger partial charge is 0.497 e. The lowest BCUT2D eigenvalue weighted by atomic mass is 9.98. The van der Waals surface area contributed by atoms with Crippen LogP contribution in [0.15, 0.2) is 72.8 Å². The lowest BCUT2D eigenvalue weighted by molar-refractivity contribution is -0.120. The zero-order chi connectivity index (χ0) is 21.6. The Morgan fingerprint density at radius 1 is 0.839 bits per heavy atom. The molecule has 0 fully saturated rings. The molecule has 0 spiro atoms. The highest BCUT2D eigenvalue weighted by Gasteiger charge is 2.28. The number of nitrogens with one attached hydrogen (secondary N) is 2. The van der Waals surface area contributed by atoms with Gasteiger partial charge in [0.05, 0.1) is 7.11 Å². The Balaban J connectivity index is 1.25. The summed E-state index contributed by atoms with van der Waals surface area (Å²) in [7, 11) is 1.60. The Morgan fingerprint density at radius 3 is 2.06 bits per heavy atom. The van der Waals surface area contributed by atoms with Gasteiger partial charge < -0.3 is 20.1 Å². The van der Waals surface area contributed by atoms with Crippen LogP contribution in [0, 0.1) is 0 Å². The molecule has 0 unspecified atom stereocenters. The topological polar surface area (TPSA) is 76.7 Å². The van der Waals surface area contributed by atoms with Crippen molar-refractivity contribution >= 4 is 12.0 Å². The summed E-state index contributed by atoms with van der Waals surface area (Å²) in [5, 5.41) is 5.28. The van der Waals surface area contributed by atoms with Gasteiger partial charge in [-0.1, -0.05) is 60.7 Å². The fraction of sp³-hybridized carbons (Fsp3) is 0.200. The molecular weight excluding hydrogens is 392 g/mol. The third-order valence-corrected chi connectivity index (χ3v) is 5.39. The van der Waals surface area contributed by atoms with Gasteiger partial charge >= 0.3 is 6.09 Å². The van der Waals surface area contributed by atoms with E-state index >= 15 is 0 Å². The molecule has 0 heterocycles. The van der Waals surface area contributed by atoms with Crippen LogP contribution in [0.5, 0.6) is 5.75 Å². The van der Waals surface area contributed by atoms with E-state index in [2.05, 4.69) is 34.9 Å². The molecule has 2 N–H and O–H groups in total. The predicted molar refractivity (Wildman–Crippen MR) is 118 cm³/mol. The van der Waals surface area contributed by atoms with Gasteiger partial charge in [-0.15, -0.1) is 0 Å². The standard InChI is InChI=1S/C25H24N2O4/c1-30-18-12-10-17(11-13-18)14-26-24(28)15-27-25(29)31-16-23-21-8-4-2-6-19(21)20-7-3-5-9-22(20)23/h2-13,23H,14-16H2,1H3,(H,26,28)(H,27,29). The average molecular weight is 416 g/mol. The van der Waals surface area contributed by atoms with E-state index in [1.807, 2.05) is 48.5 Å². The average Bonchev–Trinajstić information content (AvgIpc) is 3.14. The van der Waals surface area contributed by atoms with E-state index in [0.29, 0.717) is 6.54 Å². The van der Waals surface area contributed by atoms with Gasteiger partial charge in [-0.25, -0.2) is 4.79 Å². The van der Waals surface area contributed by atoms with Crippen molar-refractivity contribution in [3.63, 3.8) is 0 Å². The number of carbonyl (C=O) groups is 2. The monoisotopic (exact) mass is 416 g/mol. The van der Waals surface area contributed by atoms with Crippen molar-refractivity contribution in [1.82, 2.24) is 10.6 Å². The van der Waals surface area contributed by atoms with Crippen LogP contribution in [0.4, 0.5) is 4.79 Å². The number of rotatable bonds is 7. The molecule has 31 heavy (non-hydrogen) atoms. The third kappa shape index (κ3) is 4.69. The zero-order valence-corrected chi connectivity index (χ0v) is 17.3. The molecule has 3 aromatic rings. The van der Waals surface area contributed by atoms with Crippen LogP contribution in [0.1, 0.15) is 22.6 Å². The van der Waals surface area contributed by atoms with Crippen LogP contribution < -0.4 is 15.4 Å². The molecule has 0 radical (unpaired) electrons. The van der Waals surface area contributed by atoms with Crippen molar-refractivity contribution in [3.05, 3.63) is 89.5 Å². The first-order valence-corrected chi connectivity index (χ1v) is 10.1. The number of hydrogen-bond donors (Lipinski definition) is 2. The minimum Gasteiger partial charge on any atom is -0.497 e. The second-order valence-corrected chi connectivity index (χ2v) is 7.30. The number of fused-ring (bicyclic) bond motifs is 3.